The average molecular weight is 282 g/mol. The minimum absolute atomic E-state index is 0.268. The monoisotopic (exact) mass is 282 g/mol. The van der Waals surface area contributed by atoms with Gasteiger partial charge in [-0.3, -0.25) is 4.52 Å². The fourth-order valence-corrected chi connectivity index (χ4v) is 2.22. The zero-order valence-corrected chi connectivity index (χ0v) is 11.9. The van der Waals surface area contributed by atoms with Gasteiger partial charge in [0.25, 0.3) is 5.69 Å². The van der Waals surface area contributed by atoms with Crippen LogP contribution in [0.25, 0.3) is 16.9 Å². The molecule has 0 spiro atoms. The van der Waals surface area contributed by atoms with Crippen LogP contribution in [0.5, 0.6) is 5.75 Å². The molecule has 3 aromatic rings. The molecule has 0 amide bonds. The summed E-state index contributed by atoms with van der Waals surface area (Å²) in [5.41, 5.74) is 9.55. The minimum Gasteiger partial charge on any atom is -0.490 e. The molecule has 3 rings (SSSR count). The Bertz CT molecular complexity index is 763. The van der Waals surface area contributed by atoms with Crippen molar-refractivity contribution < 1.29 is 13.9 Å². The van der Waals surface area contributed by atoms with E-state index < -0.39 is 0 Å². The second-order valence-electron chi connectivity index (χ2n) is 4.74. The van der Waals surface area contributed by atoms with Crippen molar-refractivity contribution in [3.05, 3.63) is 54.1 Å². The molecule has 0 fully saturated rings. The minimum atomic E-state index is 0.268. The Morgan fingerprint density at radius 1 is 1.10 bits per heavy atom. The van der Waals surface area contributed by atoms with E-state index in [1.807, 2.05) is 55.5 Å². The molecule has 0 aliphatic rings. The van der Waals surface area contributed by atoms with Crippen molar-refractivity contribution in [3.8, 4) is 22.7 Å². The standard InChI is InChI=1S/C16H16N3O2/c1-11-7-9-12(10-8-11)15-16(17)21-18-19(15)13-5-3-4-6-14(13)20-2/h3-10H,17H2,1-2H3/q+1. The van der Waals surface area contributed by atoms with Crippen molar-refractivity contribution in [2.45, 2.75) is 6.92 Å². The lowest BCUT2D eigenvalue weighted by Crippen LogP contribution is -2.35. The number of aromatic nitrogens is 2. The van der Waals surface area contributed by atoms with E-state index in [0.717, 1.165) is 11.3 Å². The first-order chi connectivity index (χ1) is 10.2. The molecule has 0 bridgehead atoms. The number of benzene rings is 2. The molecular formula is C16H16N3O2+. The number of nitrogens with zero attached hydrogens (tertiary/aromatic N) is 2. The van der Waals surface area contributed by atoms with Gasteiger partial charge >= 0.3 is 11.6 Å². The van der Waals surface area contributed by atoms with Crippen molar-refractivity contribution in [2.24, 2.45) is 0 Å². The Balaban J connectivity index is 2.19. The number of para-hydroxylation sites is 2. The Morgan fingerprint density at radius 3 is 2.52 bits per heavy atom. The molecule has 21 heavy (non-hydrogen) atoms. The zero-order chi connectivity index (χ0) is 14.8. The van der Waals surface area contributed by atoms with Gasteiger partial charge in [-0.1, -0.05) is 29.8 Å². The van der Waals surface area contributed by atoms with E-state index in [-0.39, 0.29) is 5.88 Å². The Morgan fingerprint density at radius 2 is 1.81 bits per heavy atom. The quantitative estimate of drug-likeness (QED) is 0.750. The number of methoxy groups -OCH3 is 1. The van der Waals surface area contributed by atoms with Crippen LogP contribution >= 0.6 is 0 Å². The molecule has 0 saturated carbocycles. The maximum absolute atomic E-state index is 5.95. The lowest BCUT2D eigenvalue weighted by molar-refractivity contribution is -0.660. The van der Waals surface area contributed by atoms with Gasteiger partial charge in [0.2, 0.25) is 5.27 Å². The summed E-state index contributed by atoms with van der Waals surface area (Å²) < 4.78 is 12.2. The van der Waals surface area contributed by atoms with Crippen LogP contribution in [-0.2, 0) is 0 Å². The highest BCUT2D eigenvalue weighted by Gasteiger charge is 2.29. The van der Waals surface area contributed by atoms with Gasteiger partial charge in [-0.15, -0.1) is 0 Å². The van der Waals surface area contributed by atoms with Crippen LogP contribution in [-0.4, -0.2) is 12.4 Å². The number of nitrogen functional groups attached to an aromatic ring is 1. The van der Waals surface area contributed by atoms with E-state index in [1.54, 1.807) is 11.8 Å². The summed E-state index contributed by atoms with van der Waals surface area (Å²) in [7, 11) is 1.62. The van der Waals surface area contributed by atoms with E-state index in [4.69, 9.17) is 15.0 Å². The van der Waals surface area contributed by atoms with E-state index in [0.29, 0.717) is 11.4 Å². The fourth-order valence-electron chi connectivity index (χ4n) is 2.22. The number of hydrogen-bond acceptors (Lipinski definition) is 4. The van der Waals surface area contributed by atoms with Crippen LogP contribution in [0.4, 0.5) is 5.88 Å². The Hall–Kier alpha value is -2.82. The summed E-state index contributed by atoms with van der Waals surface area (Å²) >= 11 is 0. The van der Waals surface area contributed by atoms with Gasteiger partial charge < -0.3 is 10.5 Å². The van der Waals surface area contributed by atoms with Crippen LogP contribution in [0.1, 0.15) is 5.56 Å². The topological polar surface area (TPSA) is 65.2 Å². The molecule has 1 aromatic heterocycles. The van der Waals surface area contributed by atoms with Gasteiger partial charge in [0.1, 0.15) is 0 Å². The van der Waals surface area contributed by atoms with Crippen LogP contribution in [0.2, 0.25) is 0 Å². The van der Waals surface area contributed by atoms with Crippen LogP contribution in [0.15, 0.2) is 53.1 Å². The zero-order valence-electron chi connectivity index (χ0n) is 11.9. The lowest BCUT2D eigenvalue weighted by Gasteiger charge is -2.01. The third-order valence-electron chi connectivity index (χ3n) is 3.30. The fraction of sp³-hybridized carbons (Fsp3) is 0.125. The summed E-state index contributed by atoms with van der Waals surface area (Å²) in [4.78, 5) is 0. The van der Waals surface area contributed by atoms with Gasteiger partial charge in [-0.25, -0.2) is 0 Å². The van der Waals surface area contributed by atoms with E-state index in [9.17, 15) is 0 Å². The molecule has 5 nitrogen and oxygen atoms in total. The highest BCUT2D eigenvalue weighted by Crippen LogP contribution is 2.26. The predicted molar refractivity (Wildman–Crippen MR) is 79.2 cm³/mol. The maximum Gasteiger partial charge on any atom is 0.311 e. The molecule has 2 N–H and O–H groups in total. The first-order valence-corrected chi connectivity index (χ1v) is 6.58. The van der Waals surface area contributed by atoms with Crippen molar-refractivity contribution in [3.63, 3.8) is 0 Å². The SMILES string of the molecule is COc1ccccc1-[n+]1noc(N)c1-c1ccc(C)cc1. The Labute approximate surface area is 122 Å². The van der Waals surface area contributed by atoms with Crippen molar-refractivity contribution in [2.75, 3.05) is 12.8 Å². The number of anilines is 1. The molecule has 0 saturated heterocycles. The van der Waals surface area contributed by atoms with Gasteiger partial charge in [0.05, 0.1) is 12.7 Å². The van der Waals surface area contributed by atoms with Crippen molar-refractivity contribution in [1.82, 2.24) is 5.27 Å². The molecule has 0 radical (unpaired) electrons. The molecule has 0 unspecified atom stereocenters. The lowest BCUT2D eigenvalue weighted by atomic mass is 10.1. The first-order valence-electron chi connectivity index (χ1n) is 6.58. The molecule has 106 valence electrons. The van der Waals surface area contributed by atoms with Gasteiger partial charge in [-0.2, -0.15) is 0 Å². The van der Waals surface area contributed by atoms with Crippen LogP contribution in [0, 0.1) is 6.92 Å². The van der Waals surface area contributed by atoms with E-state index >= 15 is 0 Å². The average Bonchev–Trinajstić information content (AvgIpc) is 2.90. The van der Waals surface area contributed by atoms with Crippen LogP contribution < -0.4 is 15.2 Å². The summed E-state index contributed by atoms with van der Waals surface area (Å²) in [6.45, 7) is 2.04. The van der Waals surface area contributed by atoms with Gasteiger partial charge in [0.15, 0.2) is 5.75 Å². The molecular weight excluding hydrogens is 266 g/mol. The molecule has 2 aromatic carbocycles. The van der Waals surface area contributed by atoms with E-state index in [1.165, 1.54) is 5.56 Å². The summed E-state index contributed by atoms with van der Waals surface area (Å²) in [5.74, 6) is 0.967. The number of aryl methyl sites for hydroxylation is 1. The van der Waals surface area contributed by atoms with Crippen LogP contribution in [0.3, 0.4) is 0 Å². The number of hydrogen-bond donors (Lipinski definition) is 1. The van der Waals surface area contributed by atoms with E-state index in [2.05, 4.69) is 5.27 Å². The Kier molecular flexibility index (Phi) is 3.31. The third kappa shape index (κ3) is 2.33. The van der Waals surface area contributed by atoms with Gasteiger partial charge in [-0.05, 0) is 29.8 Å². The smallest absolute Gasteiger partial charge is 0.311 e. The summed E-state index contributed by atoms with van der Waals surface area (Å²) in [6, 6.07) is 15.6. The maximum atomic E-state index is 5.95. The number of nitrogens with two attached hydrogens (primary N) is 1. The number of ether oxygens (including phenoxy) is 1. The molecule has 0 atom stereocenters. The van der Waals surface area contributed by atoms with Crippen molar-refractivity contribution >= 4 is 5.88 Å². The third-order valence-corrected chi connectivity index (χ3v) is 3.30. The van der Waals surface area contributed by atoms with Gasteiger partial charge in [0, 0.05) is 6.07 Å². The molecule has 0 aliphatic heterocycles. The molecule has 0 aliphatic carbocycles. The summed E-state index contributed by atoms with van der Waals surface area (Å²) in [5, 5.41) is 4.03. The highest BCUT2D eigenvalue weighted by molar-refractivity contribution is 5.66. The molecule has 1 heterocycles. The molecule has 5 heteroatoms. The highest BCUT2D eigenvalue weighted by atomic mass is 16.5. The summed E-state index contributed by atoms with van der Waals surface area (Å²) in [6.07, 6.45) is 0. The first kappa shape index (κ1) is 13.2. The normalized spacial score (nSPS) is 10.6. The number of rotatable bonds is 3. The largest absolute Gasteiger partial charge is 0.490 e. The van der Waals surface area contributed by atoms with Crippen molar-refractivity contribution in [1.29, 1.82) is 0 Å². The second-order valence-corrected chi connectivity index (χ2v) is 4.74. The second kappa shape index (κ2) is 5.28. The predicted octanol–water partition coefficient (Wildman–Crippen LogP) is 2.52.